The molecule has 0 aliphatic carbocycles. The van der Waals surface area contributed by atoms with Crippen LogP contribution in [0.15, 0.2) is 18.2 Å². The van der Waals surface area contributed by atoms with Crippen LogP contribution in [0.4, 0.5) is 10.1 Å². The number of halogens is 1. The summed E-state index contributed by atoms with van der Waals surface area (Å²) in [4.78, 5) is 11.6. The first-order chi connectivity index (χ1) is 8.65. The summed E-state index contributed by atoms with van der Waals surface area (Å²) in [7, 11) is 0. The summed E-state index contributed by atoms with van der Waals surface area (Å²) in [5.74, 6) is -1.34. The molecule has 1 aliphatic heterocycles. The van der Waals surface area contributed by atoms with Crippen LogP contribution in [0.2, 0.25) is 0 Å². The minimum atomic E-state index is -0.744. The maximum Gasteiger partial charge on any atom is 0.224 e. The summed E-state index contributed by atoms with van der Waals surface area (Å²) in [5, 5.41) is 11.6. The summed E-state index contributed by atoms with van der Waals surface area (Å²) in [5.41, 5.74) is 0.350. The summed E-state index contributed by atoms with van der Waals surface area (Å²) in [6.45, 7) is 0.773. The van der Waals surface area contributed by atoms with E-state index in [0.29, 0.717) is 18.5 Å². The number of phenolic OH excluding ortho intramolecular Hbond substituents is 1. The summed E-state index contributed by atoms with van der Waals surface area (Å²) in [6, 6.07) is 3.77. The Morgan fingerprint density at radius 2 is 2.39 bits per heavy atom. The SMILES string of the molecule is O=C(CCC1CCCO1)Nc1ccc(O)c(F)c1. The van der Waals surface area contributed by atoms with Gasteiger partial charge in [-0.3, -0.25) is 4.79 Å². The van der Waals surface area contributed by atoms with Crippen molar-refractivity contribution in [1.29, 1.82) is 0 Å². The van der Waals surface area contributed by atoms with Crippen LogP contribution in [0.3, 0.4) is 0 Å². The van der Waals surface area contributed by atoms with E-state index in [9.17, 15) is 9.18 Å². The van der Waals surface area contributed by atoms with Crippen LogP contribution in [0.1, 0.15) is 25.7 Å². The first-order valence-electron chi connectivity index (χ1n) is 6.05. The highest BCUT2D eigenvalue weighted by molar-refractivity contribution is 5.90. The molecule has 1 amide bonds. The van der Waals surface area contributed by atoms with Gasteiger partial charge in [0.05, 0.1) is 6.10 Å². The zero-order valence-electron chi connectivity index (χ0n) is 9.99. The molecule has 1 heterocycles. The molecule has 1 unspecified atom stereocenters. The summed E-state index contributed by atoms with van der Waals surface area (Å²) in [6.07, 6.45) is 3.27. The second-order valence-corrected chi connectivity index (χ2v) is 4.39. The van der Waals surface area contributed by atoms with Gasteiger partial charge < -0.3 is 15.2 Å². The number of rotatable bonds is 4. The molecular formula is C13H16FNO3. The summed E-state index contributed by atoms with van der Waals surface area (Å²) < 4.78 is 18.5. The van der Waals surface area contributed by atoms with Crippen molar-refractivity contribution in [2.75, 3.05) is 11.9 Å². The van der Waals surface area contributed by atoms with Gasteiger partial charge in [0.1, 0.15) is 0 Å². The van der Waals surface area contributed by atoms with Crippen molar-refractivity contribution >= 4 is 11.6 Å². The van der Waals surface area contributed by atoms with Crippen molar-refractivity contribution in [3.63, 3.8) is 0 Å². The highest BCUT2D eigenvalue weighted by Gasteiger charge is 2.16. The standard InChI is InChI=1S/C13H16FNO3/c14-11-8-9(3-5-12(11)16)15-13(17)6-4-10-2-1-7-18-10/h3,5,8,10,16H,1-2,4,6-7H2,(H,15,17). The maximum atomic E-state index is 13.0. The van der Waals surface area contributed by atoms with Gasteiger partial charge in [-0.2, -0.15) is 0 Å². The Bertz CT molecular complexity index is 430. The van der Waals surface area contributed by atoms with E-state index in [-0.39, 0.29) is 12.0 Å². The molecule has 0 saturated carbocycles. The van der Waals surface area contributed by atoms with Gasteiger partial charge in [0, 0.05) is 24.8 Å². The molecule has 0 radical (unpaired) electrons. The zero-order chi connectivity index (χ0) is 13.0. The molecule has 0 aromatic heterocycles. The minimum absolute atomic E-state index is 0.171. The number of nitrogens with one attached hydrogen (secondary N) is 1. The molecule has 1 fully saturated rings. The largest absolute Gasteiger partial charge is 0.505 e. The quantitative estimate of drug-likeness (QED) is 0.810. The molecule has 0 bridgehead atoms. The van der Waals surface area contributed by atoms with Crippen molar-refractivity contribution in [1.82, 2.24) is 0 Å². The number of amides is 1. The Hall–Kier alpha value is -1.62. The molecule has 0 spiro atoms. The lowest BCUT2D eigenvalue weighted by molar-refractivity contribution is -0.116. The second-order valence-electron chi connectivity index (χ2n) is 4.39. The van der Waals surface area contributed by atoms with Crippen molar-refractivity contribution in [2.45, 2.75) is 31.8 Å². The third-order valence-corrected chi connectivity index (χ3v) is 2.95. The third kappa shape index (κ3) is 3.43. The Balaban J connectivity index is 1.80. The molecule has 98 valence electrons. The van der Waals surface area contributed by atoms with Crippen LogP contribution in [0, 0.1) is 5.82 Å². The predicted molar refractivity (Wildman–Crippen MR) is 64.9 cm³/mol. The molecule has 18 heavy (non-hydrogen) atoms. The van der Waals surface area contributed by atoms with E-state index in [2.05, 4.69) is 5.32 Å². The average Bonchev–Trinajstić information content (AvgIpc) is 2.84. The van der Waals surface area contributed by atoms with Crippen molar-refractivity contribution in [3.05, 3.63) is 24.0 Å². The fourth-order valence-electron chi connectivity index (χ4n) is 1.97. The van der Waals surface area contributed by atoms with Crippen molar-refractivity contribution in [3.8, 4) is 5.75 Å². The minimum Gasteiger partial charge on any atom is -0.505 e. The molecule has 2 rings (SSSR count). The molecule has 2 N–H and O–H groups in total. The van der Waals surface area contributed by atoms with Crippen LogP contribution >= 0.6 is 0 Å². The lowest BCUT2D eigenvalue weighted by Crippen LogP contribution is -2.15. The van der Waals surface area contributed by atoms with Crippen molar-refractivity contribution in [2.24, 2.45) is 0 Å². The number of carbonyl (C=O) groups is 1. The molecule has 5 heteroatoms. The van der Waals surface area contributed by atoms with Gasteiger partial charge in [-0.25, -0.2) is 4.39 Å². The smallest absolute Gasteiger partial charge is 0.224 e. The van der Waals surface area contributed by atoms with Gasteiger partial charge in [0.15, 0.2) is 11.6 Å². The normalized spacial score (nSPS) is 18.8. The average molecular weight is 253 g/mol. The molecule has 4 nitrogen and oxygen atoms in total. The fraction of sp³-hybridized carbons (Fsp3) is 0.462. The van der Waals surface area contributed by atoms with Crippen LogP contribution in [-0.2, 0) is 9.53 Å². The topological polar surface area (TPSA) is 58.6 Å². The van der Waals surface area contributed by atoms with E-state index in [1.54, 1.807) is 0 Å². The van der Waals surface area contributed by atoms with E-state index in [0.717, 1.165) is 25.5 Å². The number of hydrogen-bond donors (Lipinski definition) is 2. The van der Waals surface area contributed by atoms with Gasteiger partial charge in [0.2, 0.25) is 5.91 Å². The number of benzene rings is 1. The second kappa shape index (κ2) is 5.82. The lowest BCUT2D eigenvalue weighted by Gasteiger charge is -2.09. The Labute approximate surface area is 105 Å². The molecule has 1 atom stereocenters. The Morgan fingerprint density at radius 1 is 1.56 bits per heavy atom. The van der Waals surface area contributed by atoms with Crippen LogP contribution in [0.5, 0.6) is 5.75 Å². The molecular weight excluding hydrogens is 237 g/mol. The molecule has 1 aromatic rings. The predicted octanol–water partition coefficient (Wildman–Crippen LogP) is 2.43. The highest BCUT2D eigenvalue weighted by Crippen LogP contribution is 2.20. The number of anilines is 1. The first-order valence-corrected chi connectivity index (χ1v) is 6.05. The Kier molecular flexibility index (Phi) is 4.15. The molecule has 1 aliphatic rings. The summed E-state index contributed by atoms with van der Waals surface area (Å²) >= 11 is 0. The van der Waals surface area contributed by atoms with Crippen LogP contribution < -0.4 is 5.32 Å². The zero-order valence-corrected chi connectivity index (χ0v) is 9.99. The third-order valence-electron chi connectivity index (χ3n) is 2.95. The highest BCUT2D eigenvalue weighted by atomic mass is 19.1. The number of aromatic hydroxyl groups is 1. The van der Waals surface area contributed by atoms with E-state index < -0.39 is 11.6 Å². The van der Waals surface area contributed by atoms with Gasteiger partial charge in [0.25, 0.3) is 0 Å². The van der Waals surface area contributed by atoms with Gasteiger partial charge in [-0.15, -0.1) is 0 Å². The lowest BCUT2D eigenvalue weighted by atomic mass is 10.1. The van der Waals surface area contributed by atoms with Gasteiger partial charge >= 0.3 is 0 Å². The number of hydrogen-bond acceptors (Lipinski definition) is 3. The van der Waals surface area contributed by atoms with Gasteiger partial charge in [-0.05, 0) is 31.4 Å². The van der Waals surface area contributed by atoms with E-state index in [1.165, 1.54) is 12.1 Å². The fourth-order valence-corrected chi connectivity index (χ4v) is 1.97. The molecule has 1 aromatic carbocycles. The van der Waals surface area contributed by atoms with E-state index in [4.69, 9.17) is 9.84 Å². The van der Waals surface area contributed by atoms with Crippen LogP contribution in [0.25, 0.3) is 0 Å². The molecule has 1 saturated heterocycles. The van der Waals surface area contributed by atoms with Crippen molar-refractivity contribution < 1.29 is 19.0 Å². The number of ether oxygens (including phenoxy) is 1. The van der Waals surface area contributed by atoms with E-state index in [1.807, 2.05) is 0 Å². The van der Waals surface area contributed by atoms with E-state index >= 15 is 0 Å². The maximum absolute atomic E-state index is 13.0. The monoisotopic (exact) mass is 253 g/mol. The van der Waals surface area contributed by atoms with Crippen LogP contribution in [-0.4, -0.2) is 23.7 Å². The first kappa shape index (κ1) is 12.8. The number of carbonyl (C=O) groups excluding carboxylic acids is 1. The number of phenols is 1. The Morgan fingerprint density at radius 3 is 3.06 bits per heavy atom. The van der Waals surface area contributed by atoms with Gasteiger partial charge in [-0.1, -0.05) is 0 Å².